The van der Waals surface area contributed by atoms with Gasteiger partial charge in [0.25, 0.3) is 0 Å². The van der Waals surface area contributed by atoms with Gasteiger partial charge in [0.05, 0.1) is 12.7 Å². The van der Waals surface area contributed by atoms with Crippen molar-refractivity contribution in [2.24, 2.45) is 10.7 Å². The van der Waals surface area contributed by atoms with Crippen molar-refractivity contribution in [2.75, 3.05) is 7.11 Å². The maximum Gasteiger partial charge on any atom is 0.338 e. The number of methoxy groups -OCH3 is 1. The van der Waals surface area contributed by atoms with E-state index in [0.29, 0.717) is 17.0 Å². The average Bonchev–Trinajstić information content (AvgIpc) is 2.60. The van der Waals surface area contributed by atoms with E-state index in [2.05, 4.69) is 9.73 Å². The Morgan fingerprint density at radius 3 is 3.00 bits per heavy atom. The summed E-state index contributed by atoms with van der Waals surface area (Å²) in [6.45, 7) is 0. The molecule has 0 amide bonds. The van der Waals surface area contributed by atoms with E-state index >= 15 is 0 Å². The summed E-state index contributed by atoms with van der Waals surface area (Å²) >= 11 is 0. The summed E-state index contributed by atoms with van der Waals surface area (Å²) in [7, 11) is 1.28. The molecule has 0 aliphatic carbocycles. The molecule has 0 spiro atoms. The van der Waals surface area contributed by atoms with Gasteiger partial charge in [0.2, 0.25) is 0 Å². The molecule has 0 fully saturated rings. The van der Waals surface area contributed by atoms with E-state index < -0.39 is 11.8 Å². The number of benzene rings is 1. The summed E-state index contributed by atoms with van der Waals surface area (Å²) in [5.41, 5.74) is 6.46. The number of amidine groups is 1. The quantitative estimate of drug-likeness (QED) is 0.704. The predicted molar refractivity (Wildman–Crippen MR) is 52.7 cm³/mol. The fraction of sp³-hybridized carbons (Fsp3) is 0.200. The topological polar surface area (TPSA) is 64.7 Å². The molecular weight excluding hydrogens is 199 g/mol. The first-order valence-corrected chi connectivity index (χ1v) is 4.36. The maximum atomic E-state index is 13.3. The number of nitrogens with zero attached hydrogens (tertiary/aromatic N) is 1. The average molecular weight is 208 g/mol. The Balaban J connectivity index is 2.57. The van der Waals surface area contributed by atoms with Crippen molar-refractivity contribution < 1.29 is 13.9 Å². The van der Waals surface area contributed by atoms with Crippen LogP contribution in [0.25, 0.3) is 0 Å². The van der Waals surface area contributed by atoms with Gasteiger partial charge in [-0.05, 0) is 12.1 Å². The molecule has 1 aliphatic rings. The lowest BCUT2D eigenvalue weighted by atomic mass is 10.0. The fourth-order valence-electron chi connectivity index (χ4n) is 1.57. The number of halogens is 1. The highest BCUT2D eigenvalue weighted by molar-refractivity contribution is 5.99. The van der Waals surface area contributed by atoms with E-state index in [1.54, 1.807) is 0 Å². The van der Waals surface area contributed by atoms with E-state index in [0.717, 1.165) is 0 Å². The van der Waals surface area contributed by atoms with Crippen LogP contribution in [0.2, 0.25) is 0 Å². The number of carbonyl (C=O) groups is 1. The number of esters is 1. The number of hydrogen-bond acceptors (Lipinski definition) is 4. The normalized spacial score (nSPS) is 13.3. The molecule has 1 aliphatic heterocycles. The minimum Gasteiger partial charge on any atom is -0.465 e. The highest BCUT2D eigenvalue weighted by Gasteiger charge is 2.23. The summed E-state index contributed by atoms with van der Waals surface area (Å²) in [6.07, 6.45) is 0.289. The molecule has 0 bridgehead atoms. The molecule has 1 aromatic carbocycles. The lowest BCUT2D eigenvalue weighted by Crippen LogP contribution is -2.12. The maximum absolute atomic E-state index is 13.3. The number of hydrogen-bond donors (Lipinski definition) is 1. The van der Waals surface area contributed by atoms with Crippen LogP contribution in [-0.4, -0.2) is 18.9 Å². The van der Waals surface area contributed by atoms with Crippen LogP contribution >= 0.6 is 0 Å². The van der Waals surface area contributed by atoms with Crippen LogP contribution < -0.4 is 5.73 Å². The van der Waals surface area contributed by atoms with Crippen molar-refractivity contribution in [1.29, 1.82) is 0 Å². The van der Waals surface area contributed by atoms with Crippen molar-refractivity contribution in [1.82, 2.24) is 0 Å². The third-order valence-corrected chi connectivity index (χ3v) is 2.25. The summed E-state index contributed by atoms with van der Waals surface area (Å²) in [6, 6.07) is 2.57. The van der Waals surface area contributed by atoms with Crippen LogP contribution in [0.4, 0.5) is 10.1 Å². The summed E-state index contributed by atoms with van der Waals surface area (Å²) < 4.78 is 17.9. The van der Waals surface area contributed by atoms with Gasteiger partial charge in [0.1, 0.15) is 17.3 Å². The molecule has 2 N–H and O–H groups in total. The van der Waals surface area contributed by atoms with E-state index in [-0.39, 0.29) is 12.1 Å². The first-order chi connectivity index (χ1) is 7.13. The van der Waals surface area contributed by atoms with Gasteiger partial charge in [-0.3, -0.25) is 0 Å². The summed E-state index contributed by atoms with van der Waals surface area (Å²) in [5.74, 6) is -0.672. The van der Waals surface area contributed by atoms with Gasteiger partial charge >= 0.3 is 5.97 Å². The number of nitrogens with two attached hydrogens (primary N) is 1. The second kappa shape index (κ2) is 3.34. The molecule has 0 saturated carbocycles. The molecule has 2 rings (SSSR count). The summed E-state index contributed by atoms with van der Waals surface area (Å²) in [4.78, 5) is 15.2. The molecule has 0 aromatic heterocycles. The SMILES string of the molecule is COC(=O)c1ccc(F)c2c1CC(N)=N2. The zero-order chi connectivity index (χ0) is 11.0. The molecule has 5 heteroatoms. The molecule has 15 heavy (non-hydrogen) atoms. The van der Waals surface area contributed by atoms with Gasteiger partial charge < -0.3 is 10.5 Å². The van der Waals surface area contributed by atoms with E-state index in [1.165, 1.54) is 19.2 Å². The van der Waals surface area contributed by atoms with Gasteiger partial charge in [-0.15, -0.1) is 0 Å². The highest BCUT2D eigenvalue weighted by Crippen LogP contribution is 2.31. The molecule has 0 unspecified atom stereocenters. The number of carbonyl (C=O) groups excluding carboxylic acids is 1. The van der Waals surface area contributed by atoms with Gasteiger partial charge in [0, 0.05) is 12.0 Å². The molecule has 0 saturated heterocycles. The minimum absolute atomic E-state index is 0.149. The Hall–Kier alpha value is -1.91. The largest absolute Gasteiger partial charge is 0.465 e. The Bertz CT molecular complexity index is 469. The van der Waals surface area contributed by atoms with Crippen molar-refractivity contribution in [3.05, 3.63) is 29.1 Å². The Kier molecular flexibility index (Phi) is 2.15. The zero-order valence-electron chi connectivity index (χ0n) is 8.08. The van der Waals surface area contributed by atoms with Crippen LogP contribution in [0.5, 0.6) is 0 Å². The van der Waals surface area contributed by atoms with Crippen molar-refractivity contribution >= 4 is 17.5 Å². The molecular formula is C10H9FN2O2. The van der Waals surface area contributed by atoms with Crippen LogP contribution in [0.3, 0.4) is 0 Å². The Labute approximate surface area is 85.6 Å². The van der Waals surface area contributed by atoms with E-state index in [9.17, 15) is 9.18 Å². The zero-order valence-corrected chi connectivity index (χ0v) is 8.08. The number of fused-ring (bicyclic) bond motifs is 1. The van der Waals surface area contributed by atoms with E-state index in [1.807, 2.05) is 0 Å². The summed E-state index contributed by atoms with van der Waals surface area (Å²) in [5, 5.41) is 0. The first-order valence-electron chi connectivity index (χ1n) is 4.36. The van der Waals surface area contributed by atoms with Gasteiger partial charge in [-0.2, -0.15) is 0 Å². The predicted octanol–water partition coefficient (Wildman–Crippen LogP) is 1.16. The molecule has 0 radical (unpaired) electrons. The monoisotopic (exact) mass is 208 g/mol. The smallest absolute Gasteiger partial charge is 0.338 e. The standard InChI is InChI=1S/C10H9FN2O2/c1-15-10(14)5-2-3-7(11)9-6(5)4-8(12)13-9/h2-3H,4H2,1H3,(H2,12,13). The van der Waals surface area contributed by atoms with Gasteiger partial charge in [0.15, 0.2) is 0 Å². The first kappa shape index (κ1) is 9.64. The molecule has 4 nitrogen and oxygen atoms in total. The molecule has 0 atom stereocenters. The minimum atomic E-state index is -0.504. The Morgan fingerprint density at radius 2 is 2.33 bits per heavy atom. The number of rotatable bonds is 1. The third kappa shape index (κ3) is 1.45. The number of aliphatic imine (C=N–C) groups is 1. The molecule has 78 valence electrons. The van der Waals surface area contributed by atoms with Crippen molar-refractivity contribution in [3.63, 3.8) is 0 Å². The molecule has 1 heterocycles. The molecule has 1 aromatic rings. The van der Waals surface area contributed by atoms with Gasteiger partial charge in [-0.1, -0.05) is 0 Å². The lowest BCUT2D eigenvalue weighted by Gasteiger charge is -2.05. The van der Waals surface area contributed by atoms with Crippen molar-refractivity contribution in [3.8, 4) is 0 Å². The van der Waals surface area contributed by atoms with Crippen LogP contribution in [-0.2, 0) is 11.2 Å². The Morgan fingerprint density at radius 1 is 1.60 bits per heavy atom. The van der Waals surface area contributed by atoms with Crippen LogP contribution in [0.15, 0.2) is 17.1 Å². The van der Waals surface area contributed by atoms with Crippen LogP contribution in [0, 0.1) is 5.82 Å². The fourth-order valence-corrected chi connectivity index (χ4v) is 1.57. The highest BCUT2D eigenvalue weighted by atomic mass is 19.1. The van der Waals surface area contributed by atoms with E-state index in [4.69, 9.17) is 5.73 Å². The lowest BCUT2D eigenvalue weighted by molar-refractivity contribution is 0.0600. The van der Waals surface area contributed by atoms with Crippen molar-refractivity contribution in [2.45, 2.75) is 6.42 Å². The van der Waals surface area contributed by atoms with Crippen LogP contribution in [0.1, 0.15) is 15.9 Å². The number of ether oxygens (including phenoxy) is 1. The third-order valence-electron chi connectivity index (χ3n) is 2.25. The second-order valence-electron chi connectivity index (χ2n) is 3.19. The second-order valence-corrected chi connectivity index (χ2v) is 3.19. The van der Waals surface area contributed by atoms with Gasteiger partial charge in [-0.25, -0.2) is 14.2 Å².